The predicted molar refractivity (Wildman–Crippen MR) is 87.1 cm³/mol. The van der Waals surface area contributed by atoms with Gasteiger partial charge in [0.25, 0.3) is 0 Å². The third kappa shape index (κ3) is 3.39. The van der Waals surface area contributed by atoms with Gasteiger partial charge in [0, 0.05) is 18.1 Å². The minimum atomic E-state index is 0.289. The van der Waals surface area contributed by atoms with Crippen molar-refractivity contribution in [2.75, 3.05) is 13.2 Å². The van der Waals surface area contributed by atoms with Crippen LogP contribution in [0.1, 0.15) is 30.0 Å². The first-order valence-electron chi connectivity index (χ1n) is 6.98. The second kappa shape index (κ2) is 6.77. The molecule has 1 atom stereocenters. The van der Waals surface area contributed by atoms with Crippen molar-refractivity contribution in [1.29, 1.82) is 0 Å². The highest BCUT2D eigenvalue weighted by atomic mass is 79.9. The Balaban J connectivity index is 1.71. The van der Waals surface area contributed by atoms with Crippen LogP contribution in [-0.2, 0) is 6.54 Å². The van der Waals surface area contributed by atoms with E-state index in [-0.39, 0.29) is 6.04 Å². The summed E-state index contributed by atoms with van der Waals surface area (Å²) in [5.41, 5.74) is 1.17. The van der Waals surface area contributed by atoms with Crippen LogP contribution >= 0.6 is 27.3 Å². The Hall–Kier alpha value is -1.11. The van der Waals surface area contributed by atoms with Gasteiger partial charge in [-0.2, -0.15) is 0 Å². The van der Waals surface area contributed by atoms with Crippen molar-refractivity contribution in [2.45, 2.75) is 25.9 Å². The minimum absolute atomic E-state index is 0.289. The fourth-order valence-corrected chi connectivity index (χ4v) is 3.72. The fraction of sp³-hybridized carbons (Fsp3) is 0.400. The summed E-state index contributed by atoms with van der Waals surface area (Å²) < 4.78 is 12.2. The number of aromatic nitrogens is 1. The summed E-state index contributed by atoms with van der Waals surface area (Å²) in [5, 5.41) is 6.70. The number of nitrogens with one attached hydrogen (secondary N) is 1. The van der Waals surface area contributed by atoms with Gasteiger partial charge in [0.05, 0.1) is 10.5 Å². The molecular weight excluding hydrogens is 352 g/mol. The molecule has 1 unspecified atom stereocenters. The predicted octanol–water partition coefficient (Wildman–Crippen LogP) is 3.92. The molecule has 21 heavy (non-hydrogen) atoms. The standard InChI is InChI=1S/C15H17BrN2O2S/c1-2-12(15-17-3-6-21-15)18-9-10-7-11(16)14-13(8-10)19-4-5-20-14/h3,6-8,12,18H,2,4-5,9H2,1H3. The van der Waals surface area contributed by atoms with E-state index >= 15 is 0 Å². The molecule has 2 aromatic rings. The normalized spacial score (nSPS) is 15.0. The Morgan fingerprint density at radius 3 is 3.00 bits per heavy atom. The number of rotatable bonds is 5. The maximum absolute atomic E-state index is 5.66. The van der Waals surface area contributed by atoms with Gasteiger partial charge in [0.1, 0.15) is 18.2 Å². The first-order valence-corrected chi connectivity index (χ1v) is 8.66. The van der Waals surface area contributed by atoms with E-state index in [1.54, 1.807) is 11.3 Å². The summed E-state index contributed by atoms with van der Waals surface area (Å²) in [6.07, 6.45) is 2.87. The van der Waals surface area contributed by atoms with E-state index in [0.29, 0.717) is 13.2 Å². The molecule has 6 heteroatoms. The molecule has 1 aromatic heterocycles. The number of ether oxygens (including phenoxy) is 2. The topological polar surface area (TPSA) is 43.4 Å². The number of fused-ring (bicyclic) bond motifs is 1. The van der Waals surface area contributed by atoms with Gasteiger partial charge in [-0.05, 0) is 40.0 Å². The summed E-state index contributed by atoms with van der Waals surface area (Å²) in [4.78, 5) is 4.39. The third-order valence-corrected chi connectivity index (χ3v) is 4.85. The smallest absolute Gasteiger partial charge is 0.175 e. The quantitative estimate of drug-likeness (QED) is 0.868. The lowest BCUT2D eigenvalue weighted by atomic mass is 10.1. The van der Waals surface area contributed by atoms with Crippen molar-refractivity contribution < 1.29 is 9.47 Å². The number of benzene rings is 1. The number of halogens is 1. The van der Waals surface area contributed by atoms with Gasteiger partial charge in [-0.15, -0.1) is 11.3 Å². The van der Waals surface area contributed by atoms with Crippen LogP contribution < -0.4 is 14.8 Å². The second-order valence-electron chi connectivity index (χ2n) is 4.81. The molecular formula is C15H17BrN2O2S. The minimum Gasteiger partial charge on any atom is -0.486 e. The van der Waals surface area contributed by atoms with E-state index in [9.17, 15) is 0 Å². The summed E-state index contributed by atoms with van der Waals surface area (Å²) in [7, 11) is 0. The van der Waals surface area contributed by atoms with Crippen LogP contribution in [-0.4, -0.2) is 18.2 Å². The highest BCUT2D eigenvalue weighted by Gasteiger charge is 2.17. The molecule has 0 bridgehead atoms. The molecule has 0 saturated carbocycles. The zero-order valence-corrected chi connectivity index (χ0v) is 14.2. The number of hydrogen-bond acceptors (Lipinski definition) is 5. The van der Waals surface area contributed by atoms with Crippen molar-refractivity contribution in [3.8, 4) is 11.5 Å². The van der Waals surface area contributed by atoms with Gasteiger partial charge in [-0.25, -0.2) is 4.98 Å². The van der Waals surface area contributed by atoms with Crippen molar-refractivity contribution in [1.82, 2.24) is 10.3 Å². The van der Waals surface area contributed by atoms with Crippen molar-refractivity contribution in [2.24, 2.45) is 0 Å². The average molecular weight is 369 g/mol. The summed E-state index contributed by atoms with van der Waals surface area (Å²) in [5.74, 6) is 1.62. The Labute approximate surface area is 136 Å². The molecule has 112 valence electrons. The van der Waals surface area contributed by atoms with Crippen LogP contribution in [0.2, 0.25) is 0 Å². The lowest BCUT2D eigenvalue weighted by Gasteiger charge is -2.21. The lowest BCUT2D eigenvalue weighted by Crippen LogP contribution is -2.21. The molecule has 2 heterocycles. The molecule has 0 fully saturated rings. The maximum atomic E-state index is 5.66. The maximum Gasteiger partial charge on any atom is 0.175 e. The van der Waals surface area contributed by atoms with Gasteiger partial charge >= 0.3 is 0 Å². The summed E-state index contributed by atoms with van der Waals surface area (Å²) in [6, 6.07) is 4.41. The van der Waals surface area contributed by atoms with E-state index < -0.39 is 0 Å². The molecule has 0 amide bonds. The Morgan fingerprint density at radius 2 is 2.24 bits per heavy atom. The van der Waals surface area contributed by atoms with Crippen molar-refractivity contribution in [3.63, 3.8) is 0 Å². The molecule has 4 nitrogen and oxygen atoms in total. The molecule has 0 aliphatic carbocycles. The van der Waals surface area contributed by atoms with Crippen LogP contribution in [0.5, 0.6) is 11.5 Å². The van der Waals surface area contributed by atoms with Crippen LogP contribution in [0.25, 0.3) is 0 Å². The Morgan fingerprint density at radius 1 is 1.38 bits per heavy atom. The van der Waals surface area contributed by atoms with Crippen LogP contribution in [0.3, 0.4) is 0 Å². The van der Waals surface area contributed by atoms with Gasteiger partial charge in [-0.1, -0.05) is 6.92 Å². The SMILES string of the molecule is CCC(NCc1cc(Br)c2c(c1)OCCO2)c1nccs1. The van der Waals surface area contributed by atoms with E-state index in [0.717, 1.165) is 33.9 Å². The highest BCUT2D eigenvalue weighted by Crippen LogP contribution is 2.38. The van der Waals surface area contributed by atoms with Gasteiger partial charge < -0.3 is 14.8 Å². The molecule has 1 N–H and O–H groups in total. The van der Waals surface area contributed by atoms with Gasteiger partial charge in [0.15, 0.2) is 11.5 Å². The van der Waals surface area contributed by atoms with E-state index in [1.807, 2.05) is 17.6 Å². The summed E-state index contributed by atoms with van der Waals surface area (Å²) >= 11 is 5.24. The van der Waals surface area contributed by atoms with Crippen LogP contribution in [0.4, 0.5) is 0 Å². The largest absolute Gasteiger partial charge is 0.486 e. The molecule has 3 rings (SSSR count). The Bertz CT molecular complexity index is 604. The first-order chi connectivity index (χ1) is 10.3. The van der Waals surface area contributed by atoms with Crippen LogP contribution in [0.15, 0.2) is 28.2 Å². The zero-order chi connectivity index (χ0) is 14.7. The number of thiazole rings is 1. The third-order valence-electron chi connectivity index (χ3n) is 3.37. The van der Waals surface area contributed by atoms with Gasteiger partial charge in [-0.3, -0.25) is 0 Å². The molecule has 1 aromatic carbocycles. The molecule has 1 aliphatic rings. The molecule has 0 spiro atoms. The molecule has 1 aliphatic heterocycles. The average Bonchev–Trinajstić information content (AvgIpc) is 3.02. The van der Waals surface area contributed by atoms with E-state index in [2.05, 4.69) is 39.2 Å². The van der Waals surface area contributed by atoms with Crippen molar-refractivity contribution >= 4 is 27.3 Å². The van der Waals surface area contributed by atoms with Gasteiger partial charge in [0.2, 0.25) is 0 Å². The zero-order valence-electron chi connectivity index (χ0n) is 11.8. The molecule has 0 saturated heterocycles. The second-order valence-corrected chi connectivity index (χ2v) is 6.59. The number of nitrogens with zero attached hydrogens (tertiary/aromatic N) is 1. The monoisotopic (exact) mass is 368 g/mol. The highest BCUT2D eigenvalue weighted by molar-refractivity contribution is 9.10. The fourth-order valence-electron chi connectivity index (χ4n) is 2.32. The number of hydrogen-bond donors (Lipinski definition) is 1. The Kier molecular flexibility index (Phi) is 4.77. The lowest BCUT2D eigenvalue weighted by molar-refractivity contribution is 0.170. The van der Waals surface area contributed by atoms with E-state index in [4.69, 9.17) is 9.47 Å². The molecule has 0 radical (unpaired) electrons. The summed E-state index contributed by atoms with van der Waals surface area (Å²) in [6.45, 7) is 4.14. The van der Waals surface area contributed by atoms with Crippen molar-refractivity contribution in [3.05, 3.63) is 38.8 Å². The van der Waals surface area contributed by atoms with E-state index in [1.165, 1.54) is 5.56 Å². The van der Waals surface area contributed by atoms with Crippen LogP contribution in [0, 0.1) is 0 Å². The first kappa shape index (κ1) is 14.8.